The van der Waals surface area contributed by atoms with Gasteiger partial charge in [-0.05, 0) is 30.2 Å². The second-order valence-corrected chi connectivity index (χ2v) is 7.15. The van der Waals surface area contributed by atoms with Crippen molar-refractivity contribution in [3.05, 3.63) is 35.9 Å². The number of aliphatic hydroxyl groups excluding tert-OH is 1. The van der Waals surface area contributed by atoms with Crippen LogP contribution in [0.25, 0.3) is 0 Å². The molecule has 0 fully saturated rings. The molecule has 0 aliphatic rings. The summed E-state index contributed by atoms with van der Waals surface area (Å²) in [5.41, 5.74) is 6.35. The van der Waals surface area contributed by atoms with Gasteiger partial charge in [0, 0.05) is 6.54 Å². The first kappa shape index (κ1) is 19.2. The molecular weight excluding hydrogens is 292 g/mol. The van der Waals surface area contributed by atoms with Crippen LogP contribution >= 0.6 is 0 Å². The largest absolute Gasteiger partial charge is 0.393 e. The fraction of sp³-hybridized carbons (Fsp3) is 0.556. The van der Waals surface area contributed by atoms with E-state index in [0.717, 1.165) is 5.56 Å². The first-order valence-electron chi connectivity index (χ1n) is 7.98. The number of carbonyl (C=O) groups is 2. The number of aryl methyl sites for hydroxylation is 1. The number of benzene rings is 1. The number of hydrogen-bond acceptors (Lipinski definition) is 3. The van der Waals surface area contributed by atoms with E-state index in [1.165, 1.54) is 0 Å². The molecule has 0 bridgehead atoms. The van der Waals surface area contributed by atoms with Crippen molar-refractivity contribution in [2.24, 2.45) is 17.1 Å². The summed E-state index contributed by atoms with van der Waals surface area (Å²) in [6.45, 7) is 6.42. The predicted octanol–water partition coefficient (Wildman–Crippen LogP) is 1.63. The minimum absolute atomic E-state index is 0.0537. The molecule has 0 unspecified atom stereocenters. The van der Waals surface area contributed by atoms with Gasteiger partial charge in [0.25, 0.3) is 0 Å². The second kappa shape index (κ2) is 8.67. The van der Waals surface area contributed by atoms with Crippen LogP contribution in [0.4, 0.5) is 0 Å². The molecule has 0 spiro atoms. The monoisotopic (exact) mass is 320 g/mol. The molecule has 4 N–H and O–H groups in total. The Bertz CT molecular complexity index is 509. The van der Waals surface area contributed by atoms with Gasteiger partial charge in [0.15, 0.2) is 0 Å². The van der Waals surface area contributed by atoms with E-state index >= 15 is 0 Å². The van der Waals surface area contributed by atoms with Crippen LogP contribution in [0.5, 0.6) is 0 Å². The number of aliphatic hydroxyl groups is 1. The minimum Gasteiger partial charge on any atom is -0.393 e. The Hall–Kier alpha value is -1.88. The number of nitrogens with one attached hydrogen (secondary N) is 1. The predicted molar refractivity (Wildman–Crippen MR) is 90.5 cm³/mol. The molecule has 23 heavy (non-hydrogen) atoms. The highest BCUT2D eigenvalue weighted by molar-refractivity contribution is 5.99. The van der Waals surface area contributed by atoms with Crippen LogP contribution < -0.4 is 11.1 Å². The zero-order valence-corrected chi connectivity index (χ0v) is 14.2. The van der Waals surface area contributed by atoms with E-state index in [-0.39, 0.29) is 11.8 Å². The van der Waals surface area contributed by atoms with Gasteiger partial charge in [0.2, 0.25) is 11.8 Å². The summed E-state index contributed by atoms with van der Waals surface area (Å²) >= 11 is 0. The van der Waals surface area contributed by atoms with E-state index in [0.29, 0.717) is 19.4 Å². The molecule has 0 heterocycles. The zero-order chi connectivity index (χ0) is 17.5. The van der Waals surface area contributed by atoms with Crippen LogP contribution in [0.1, 0.15) is 39.2 Å². The van der Waals surface area contributed by atoms with Crippen LogP contribution in [0.15, 0.2) is 30.3 Å². The lowest BCUT2D eigenvalue weighted by atomic mass is 9.94. The maximum atomic E-state index is 12.1. The Balaban J connectivity index is 2.51. The van der Waals surface area contributed by atoms with Crippen molar-refractivity contribution in [2.75, 3.05) is 6.54 Å². The number of hydrogen-bond donors (Lipinski definition) is 3. The highest BCUT2D eigenvalue weighted by atomic mass is 16.3. The van der Waals surface area contributed by atoms with Gasteiger partial charge in [-0.1, -0.05) is 51.1 Å². The lowest BCUT2D eigenvalue weighted by Crippen LogP contribution is -2.43. The van der Waals surface area contributed by atoms with Crippen LogP contribution in [-0.4, -0.2) is 29.6 Å². The maximum Gasteiger partial charge on any atom is 0.232 e. The van der Waals surface area contributed by atoms with Gasteiger partial charge in [0.05, 0.1) is 6.10 Å². The van der Waals surface area contributed by atoms with Crippen molar-refractivity contribution >= 4 is 11.8 Å². The highest BCUT2D eigenvalue weighted by Gasteiger charge is 2.28. The number of primary amides is 1. The van der Waals surface area contributed by atoms with Gasteiger partial charge in [-0.3, -0.25) is 9.59 Å². The van der Waals surface area contributed by atoms with Crippen LogP contribution in [-0.2, 0) is 16.0 Å². The van der Waals surface area contributed by atoms with Crippen molar-refractivity contribution in [3.63, 3.8) is 0 Å². The third-order valence-corrected chi connectivity index (χ3v) is 3.57. The molecule has 1 aromatic carbocycles. The molecule has 128 valence electrons. The zero-order valence-electron chi connectivity index (χ0n) is 14.2. The summed E-state index contributed by atoms with van der Waals surface area (Å²) in [5.74, 6) is -2.11. The normalized spacial score (nSPS) is 14.1. The fourth-order valence-corrected chi connectivity index (χ4v) is 2.20. The molecule has 1 rings (SSSR count). The highest BCUT2D eigenvalue weighted by Crippen LogP contribution is 2.15. The second-order valence-electron chi connectivity index (χ2n) is 7.15. The first-order chi connectivity index (χ1) is 10.7. The third-order valence-electron chi connectivity index (χ3n) is 3.57. The lowest BCUT2D eigenvalue weighted by Gasteiger charge is -2.22. The maximum absolute atomic E-state index is 12.1. The van der Waals surface area contributed by atoms with Crippen molar-refractivity contribution in [3.8, 4) is 0 Å². The summed E-state index contributed by atoms with van der Waals surface area (Å²) < 4.78 is 0. The lowest BCUT2D eigenvalue weighted by molar-refractivity contribution is -0.135. The number of rotatable bonds is 8. The first-order valence-corrected chi connectivity index (χ1v) is 7.98. The minimum atomic E-state index is -0.997. The Kier molecular flexibility index (Phi) is 7.23. The van der Waals surface area contributed by atoms with Gasteiger partial charge in [-0.25, -0.2) is 0 Å². The smallest absolute Gasteiger partial charge is 0.232 e. The fourth-order valence-electron chi connectivity index (χ4n) is 2.20. The van der Waals surface area contributed by atoms with E-state index < -0.39 is 23.8 Å². The van der Waals surface area contributed by atoms with Crippen molar-refractivity contribution in [1.29, 1.82) is 0 Å². The average molecular weight is 320 g/mol. The number of amides is 2. The molecule has 0 aromatic heterocycles. The SMILES string of the molecule is CC(C)(C)CNC(=O)[C@H](C[C@@H](O)CCc1ccccc1)C(N)=O. The number of nitrogens with two attached hydrogens (primary N) is 1. The molecule has 0 aliphatic heterocycles. The Morgan fingerprint density at radius 3 is 2.35 bits per heavy atom. The van der Waals surface area contributed by atoms with Gasteiger partial charge in [-0.2, -0.15) is 0 Å². The molecule has 2 amide bonds. The van der Waals surface area contributed by atoms with Gasteiger partial charge >= 0.3 is 0 Å². The molecule has 0 aliphatic carbocycles. The summed E-state index contributed by atoms with van der Waals surface area (Å²) in [4.78, 5) is 23.6. The third kappa shape index (κ3) is 7.79. The molecule has 2 atom stereocenters. The van der Waals surface area contributed by atoms with Crippen molar-refractivity contribution in [2.45, 2.75) is 46.1 Å². The van der Waals surface area contributed by atoms with Crippen LogP contribution in [0, 0.1) is 11.3 Å². The van der Waals surface area contributed by atoms with Gasteiger partial charge in [0.1, 0.15) is 5.92 Å². The molecule has 1 aromatic rings. The van der Waals surface area contributed by atoms with Gasteiger partial charge < -0.3 is 16.2 Å². The van der Waals surface area contributed by atoms with E-state index in [2.05, 4.69) is 5.32 Å². The van der Waals surface area contributed by atoms with Crippen molar-refractivity contribution < 1.29 is 14.7 Å². The molecule has 0 saturated heterocycles. The summed E-state index contributed by atoms with van der Waals surface area (Å²) in [7, 11) is 0. The van der Waals surface area contributed by atoms with E-state index in [9.17, 15) is 14.7 Å². The molecule has 0 radical (unpaired) electrons. The topological polar surface area (TPSA) is 92.4 Å². The van der Waals surface area contributed by atoms with E-state index in [1.54, 1.807) is 0 Å². The standard InChI is InChI=1S/C18H28N2O3/c1-18(2,3)12-20-17(23)15(16(19)22)11-14(21)10-9-13-7-5-4-6-8-13/h4-8,14-15,21H,9-12H2,1-3H3,(H2,19,22)(H,20,23)/t14-,15+/m0/s1. The summed E-state index contributed by atoms with van der Waals surface area (Å²) in [6, 6.07) is 9.77. The average Bonchev–Trinajstić information content (AvgIpc) is 2.48. The molecule has 5 nitrogen and oxygen atoms in total. The molecular formula is C18H28N2O3. The van der Waals surface area contributed by atoms with Gasteiger partial charge in [-0.15, -0.1) is 0 Å². The van der Waals surface area contributed by atoms with Crippen LogP contribution in [0.2, 0.25) is 0 Å². The van der Waals surface area contributed by atoms with Crippen molar-refractivity contribution in [1.82, 2.24) is 5.32 Å². The Morgan fingerprint density at radius 2 is 1.83 bits per heavy atom. The quantitative estimate of drug-likeness (QED) is 0.636. The summed E-state index contributed by atoms with van der Waals surface area (Å²) in [5, 5.41) is 12.9. The molecule has 5 heteroatoms. The van der Waals surface area contributed by atoms with Crippen LogP contribution in [0.3, 0.4) is 0 Å². The number of carbonyl (C=O) groups excluding carboxylic acids is 2. The Morgan fingerprint density at radius 1 is 1.22 bits per heavy atom. The van der Waals surface area contributed by atoms with E-state index in [4.69, 9.17) is 5.73 Å². The summed E-state index contributed by atoms with van der Waals surface area (Å²) in [6.07, 6.45) is 0.489. The molecule has 0 saturated carbocycles. The van der Waals surface area contributed by atoms with E-state index in [1.807, 2.05) is 51.1 Å². The Labute approximate surface area is 138 Å².